The Labute approximate surface area is 85.0 Å². The Morgan fingerprint density at radius 1 is 1.50 bits per heavy atom. The number of aliphatic hydroxyl groups is 1. The van der Waals surface area contributed by atoms with Gasteiger partial charge in [-0.1, -0.05) is 0 Å². The maximum absolute atomic E-state index is 9.06. The van der Waals surface area contributed by atoms with Crippen molar-refractivity contribution < 1.29 is 5.11 Å². The normalized spacial score (nSPS) is 10.3. The first-order valence-electron chi connectivity index (χ1n) is 4.07. The van der Waals surface area contributed by atoms with Crippen LogP contribution >= 0.6 is 11.3 Å². The number of nitrogens with two attached hydrogens (primary N) is 1. The van der Waals surface area contributed by atoms with E-state index in [4.69, 9.17) is 16.1 Å². The summed E-state index contributed by atoms with van der Waals surface area (Å²) in [5, 5.41) is 20.5. The number of nitrogens with zero attached hydrogens (tertiary/aromatic N) is 1. The minimum Gasteiger partial charge on any atom is -0.398 e. The number of thiophene rings is 1. The van der Waals surface area contributed by atoms with Crippen LogP contribution in [-0.2, 0) is 6.61 Å². The molecule has 3 nitrogen and oxygen atoms in total. The minimum atomic E-state index is -0.0178. The van der Waals surface area contributed by atoms with E-state index in [0.717, 1.165) is 15.6 Å². The number of fused-ring (bicyclic) bond motifs is 1. The molecule has 1 aromatic carbocycles. The SMILES string of the molecule is N#Cc1cc(N)c2c(CO)csc2c1. The molecule has 4 heteroatoms. The van der Waals surface area contributed by atoms with E-state index in [1.807, 2.05) is 5.38 Å². The lowest BCUT2D eigenvalue weighted by Crippen LogP contribution is -1.89. The molecule has 0 saturated carbocycles. The van der Waals surface area contributed by atoms with Crippen molar-refractivity contribution in [1.29, 1.82) is 5.26 Å². The van der Waals surface area contributed by atoms with Gasteiger partial charge in [-0.3, -0.25) is 0 Å². The highest BCUT2D eigenvalue weighted by atomic mass is 32.1. The van der Waals surface area contributed by atoms with E-state index >= 15 is 0 Å². The predicted octanol–water partition coefficient (Wildman–Crippen LogP) is 1.85. The first-order valence-corrected chi connectivity index (χ1v) is 4.94. The molecule has 0 unspecified atom stereocenters. The molecule has 3 N–H and O–H groups in total. The molecule has 0 spiro atoms. The van der Waals surface area contributed by atoms with Crippen LogP contribution in [0.25, 0.3) is 10.1 Å². The van der Waals surface area contributed by atoms with Crippen molar-refractivity contribution in [2.45, 2.75) is 6.61 Å². The number of rotatable bonds is 1. The largest absolute Gasteiger partial charge is 0.398 e. The molecule has 0 bridgehead atoms. The summed E-state index contributed by atoms with van der Waals surface area (Å²) in [6.07, 6.45) is 0. The van der Waals surface area contributed by atoms with Gasteiger partial charge in [0.05, 0.1) is 18.2 Å². The Hall–Kier alpha value is -1.57. The van der Waals surface area contributed by atoms with Crippen LogP contribution in [0.15, 0.2) is 17.5 Å². The molecule has 0 aliphatic carbocycles. The van der Waals surface area contributed by atoms with E-state index in [0.29, 0.717) is 11.3 Å². The zero-order valence-corrected chi connectivity index (χ0v) is 8.14. The summed E-state index contributed by atoms with van der Waals surface area (Å²) in [5.74, 6) is 0. The molecule has 0 atom stereocenters. The molecule has 70 valence electrons. The molecule has 1 heterocycles. The average Bonchev–Trinajstić information content (AvgIpc) is 2.61. The number of aliphatic hydroxyl groups excluding tert-OH is 1. The molecule has 2 rings (SSSR count). The number of hydrogen-bond acceptors (Lipinski definition) is 4. The quantitative estimate of drug-likeness (QED) is 0.696. The van der Waals surface area contributed by atoms with E-state index in [1.54, 1.807) is 12.1 Å². The van der Waals surface area contributed by atoms with Gasteiger partial charge in [0.15, 0.2) is 0 Å². The fraction of sp³-hybridized carbons (Fsp3) is 0.100. The van der Waals surface area contributed by atoms with Gasteiger partial charge >= 0.3 is 0 Å². The lowest BCUT2D eigenvalue weighted by atomic mass is 10.1. The number of benzene rings is 1. The molecule has 2 aromatic rings. The zero-order chi connectivity index (χ0) is 10.1. The summed E-state index contributed by atoms with van der Waals surface area (Å²) >= 11 is 1.49. The third-order valence-corrected chi connectivity index (χ3v) is 3.06. The predicted molar refractivity (Wildman–Crippen MR) is 56.9 cm³/mol. The average molecular weight is 204 g/mol. The van der Waals surface area contributed by atoms with Crippen LogP contribution in [0.1, 0.15) is 11.1 Å². The second-order valence-electron chi connectivity index (χ2n) is 2.97. The van der Waals surface area contributed by atoms with Crippen LogP contribution in [0.5, 0.6) is 0 Å². The summed E-state index contributed by atoms with van der Waals surface area (Å²) in [4.78, 5) is 0. The molecule has 0 amide bonds. The number of anilines is 1. The molecule has 0 aliphatic heterocycles. The minimum absolute atomic E-state index is 0.0178. The standard InChI is InChI=1S/C10H8N2OS/c11-3-6-1-8(12)10-7(4-13)5-14-9(10)2-6/h1-2,5,13H,4,12H2. The summed E-state index contributed by atoms with van der Waals surface area (Å²) < 4.78 is 0.950. The van der Waals surface area contributed by atoms with E-state index in [-0.39, 0.29) is 6.61 Å². The fourth-order valence-electron chi connectivity index (χ4n) is 1.45. The highest BCUT2D eigenvalue weighted by Crippen LogP contribution is 2.31. The highest BCUT2D eigenvalue weighted by Gasteiger charge is 2.07. The van der Waals surface area contributed by atoms with Crippen molar-refractivity contribution in [1.82, 2.24) is 0 Å². The molecular weight excluding hydrogens is 196 g/mol. The van der Waals surface area contributed by atoms with Gasteiger partial charge in [0.2, 0.25) is 0 Å². The molecule has 0 fully saturated rings. The Kier molecular flexibility index (Phi) is 2.12. The molecular formula is C10H8N2OS. The Morgan fingerprint density at radius 3 is 2.93 bits per heavy atom. The van der Waals surface area contributed by atoms with Crippen molar-refractivity contribution in [2.75, 3.05) is 5.73 Å². The van der Waals surface area contributed by atoms with Crippen LogP contribution < -0.4 is 5.73 Å². The second kappa shape index (κ2) is 3.29. The van der Waals surface area contributed by atoms with Crippen LogP contribution in [0.4, 0.5) is 5.69 Å². The Morgan fingerprint density at radius 2 is 2.29 bits per heavy atom. The van der Waals surface area contributed by atoms with Gasteiger partial charge in [-0.2, -0.15) is 5.26 Å². The molecule has 0 saturated heterocycles. The van der Waals surface area contributed by atoms with E-state index in [2.05, 4.69) is 6.07 Å². The monoisotopic (exact) mass is 204 g/mol. The number of nitrogen functional groups attached to an aromatic ring is 1. The van der Waals surface area contributed by atoms with Gasteiger partial charge in [-0.05, 0) is 23.1 Å². The number of nitriles is 1. The highest BCUT2D eigenvalue weighted by molar-refractivity contribution is 7.17. The summed E-state index contributed by atoms with van der Waals surface area (Å²) in [7, 11) is 0. The Balaban J connectivity index is 2.80. The molecule has 0 radical (unpaired) electrons. The third-order valence-electron chi connectivity index (χ3n) is 2.08. The van der Waals surface area contributed by atoms with Crippen LogP contribution in [-0.4, -0.2) is 5.11 Å². The van der Waals surface area contributed by atoms with E-state index in [9.17, 15) is 0 Å². The number of hydrogen-bond donors (Lipinski definition) is 2. The van der Waals surface area contributed by atoms with Crippen molar-refractivity contribution >= 4 is 27.1 Å². The van der Waals surface area contributed by atoms with Crippen molar-refractivity contribution in [2.24, 2.45) is 0 Å². The van der Waals surface area contributed by atoms with Crippen molar-refractivity contribution in [3.8, 4) is 6.07 Å². The summed E-state index contributed by atoms with van der Waals surface area (Å²) in [6, 6.07) is 5.47. The first kappa shape index (κ1) is 9.00. The third kappa shape index (κ3) is 1.23. The van der Waals surface area contributed by atoms with Crippen molar-refractivity contribution in [3.05, 3.63) is 28.6 Å². The lowest BCUT2D eigenvalue weighted by Gasteiger charge is -1.99. The summed E-state index contributed by atoms with van der Waals surface area (Å²) in [6.45, 7) is -0.0178. The first-order chi connectivity index (χ1) is 6.76. The van der Waals surface area contributed by atoms with Gasteiger partial charge in [0.1, 0.15) is 0 Å². The second-order valence-corrected chi connectivity index (χ2v) is 3.88. The van der Waals surface area contributed by atoms with Gasteiger partial charge < -0.3 is 10.8 Å². The lowest BCUT2D eigenvalue weighted by molar-refractivity contribution is 0.284. The molecule has 14 heavy (non-hydrogen) atoms. The van der Waals surface area contributed by atoms with Crippen LogP contribution in [0, 0.1) is 11.3 Å². The smallest absolute Gasteiger partial charge is 0.0992 e. The molecule has 1 aromatic heterocycles. The van der Waals surface area contributed by atoms with Gasteiger partial charge in [-0.15, -0.1) is 11.3 Å². The zero-order valence-electron chi connectivity index (χ0n) is 7.32. The fourth-order valence-corrected chi connectivity index (χ4v) is 2.47. The van der Waals surface area contributed by atoms with Crippen molar-refractivity contribution in [3.63, 3.8) is 0 Å². The Bertz CT molecular complexity index is 525. The summed E-state index contributed by atoms with van der Waals surface area (Å²) in [5.41, 5.74) is 7.74. The topological polar surface area (TPSA) is 70.0 Å². The maximum Gasteiger partial charge on any atom is 0.0992 e. The van der Waals surface area contributed by atoms with Crippen LogP contribution in [0.3, 0.4) is 0 Å². The maximum atomic E-state index is 9.06. The van der Waals surface area contributed by atoms with E-state index < -0.39 is 0 Å². The van der Waals surface area contributed by atoms with Gasteiger partial charge in [0.25, 0.3) is 0 Å². The van der Waals surface area contributed by atoms with Gasteiger partial charge in [0, 0.05) is 15.8 Å². The van der Waals surface area contributed by atoms with Gasteiger partial charge in [-0.25, -0.2) is 0 Å². The van der Waals surface area contributed by atoms with Crippen LogP contribution in [0.2, 0.25) is 0 Å². The van der Waals surface area contributed by atoms with E-state index in [1.165, 1.54) is 11.3 Å². The molecule has 0 aliphatic rings.